The van der Waals surface area contributed by atoms with Gasteiger partial charge in [0.05, 0.1) is 0 Å². The molecule has 0 aliphatic rings. The third kappa shape index (κ3) is 5.47. The van der Waals surface area contributed by atoms with Crippen LogP contribution in [0.25, 0.3) is 42.7 Å². The fourth-order valence-electron chi connectivity index (χ4n) is 3.40. The summed E-state index contributed by atoms with van der Waals surface area (Å²) in [5, 5.41) is 2.59. The first kappa shape index (κ1) is 24.9. The van der Waals surface area contributed by atoms with E-state index in [1.165, 1.54) is 52.4 Å². The van der Waals surface area contributed by atoms with Crippen LogP contribution in [0.4, 0.5) is 0 Å². The fourth-order valence-corrected chi connectivity index (χ4v) is 5.12. The van der Waals surface area contributed by atoms with Crippen LogP contribution in [0.15, 0.2) is 60.7 Å². The molecule has 31 heavy (non-hydrogen) atoms. The van der Waals surface area contributed by atoms with E-state index < -0.39 is 0 Å². The summed E-state index contributed by atoms with van der Waals surface area (Å²) >= 11 is 3.69. The SMILES string of the molecule is CC.CC.CC.Cc1ccc(-c2ccc3c(c2)[nH]c2cc(-c4ccc(C)s4)ccc23)s1. The minimum Gasteiger partial charge on any atom is -0.354 e. The lowest BCUT2D eigenvalue weighted by atomic mass is 10.1. The van der Waals surface area contributed by atoms with E-state index in [1.54, 1.807) is 0 Å². The number of thiophene rings is 2. The van der Waals surface area contributed by atoms with Crippen molar-refractivity contribution >= 4 is 44.5 Å². The Morgan fingerprint density at radius 1 is 0.516 bits per heavy atom. The maximum Gasteiger partial charge on any atom is 0.0471 e. The lowest BCUT2D eigenvalue weighted by Crippen LogP contribution is -1.73. The molecule has 3 heteroatoms. The molecule has 0 bridgehead atoms. The van der Waals surface area contributed by atoms with Gasteiger partial charge in [0.2, 0.25) is 0 Å². The molecule has 0 aliphatic carbocycles. The summed E-state index contributed by atoms with van der Waals surface area (Å²) in [6.45, 7) is 16.3. The molecule has 1 N–H and O–H groups in total. The van der Waals surface area contributed by atoms with Crippen molar-refractivity contribution < 1.29 is 0 Å². The van der Waals surface area contributed by atoms with Gasteiger partial charge in [0.15, 0.2) is 0 Å². The molecule has 5 rings (SSSR count). The Kier molecular flexibility index (Phi) is 9.54. The van der Waals surface area contributed by atoms with Crippen LogP contribution in [0.1, 0.15) is 51.3 Å². The molecule has 164 valence electrons. The Hall–Kier alpha value is -2.36. The lowest BCUT2D eigenvalue weighted by Gasteiger charge is -1.99. The van der Waals surface area contributed by atoms with Crippen LogP contribution in [0.3, 0.4) is 0 Å². The van der Waals surface area contributed by atoms with Crippen LogP contribution >= 0.6 is 22.7 Å². The molecule has 0 amide bonds. The van der Waals surface area contributed by atoms with Gasteiger partial charge in [-0.25, -0.2) is 0 Å². The molecule has 0 fully saturated rings. The van der Waals surface area contributed by atoms with E-state index in [4.69, 9.17) is 0 Å². The molecule has 0 saturated heterocycles. The van der Waals surface area contributed by atoms with Gasteiger partial charge in [-0.2, -0.15) is 0 Å². The Balaban J connectivity index is 0.000000527. The van der Waals surface area contributed by atoms with Gasteiger partial charge in [0.25, 0.3) is 0 Å². The molecular weight excluding hydrogens is 414 g/mol. The van der Waals surface area contributed by atoms with E-state index in [2.05, 4.69) is 79.5 Å². The largest absolute Gasteiger partial charge is 0.354 e. The average molecular weight is 450 g/mol. The third-order valence-corrected chi connectivity index (χ3v) is 6.75. The van der Waals surface area contributed by atoms with Crippen LogP contribution in [0.2, 0.25) is 0 Å². The molecule has 0 atom stereocenters. The zero-order chi connectivity index (χ0) is 23.0. The van der Waals surface area contributed by atoms with E-state index >= 15 is 0 Å². The highest BCUT2D eigenvalue weighted by Crippen LogP contribution is 2.35. The van der Waals surface area contributed by atoms with Crippen LogP contribution < -0.4 is 0 Å². The van der Waals surface area contributed by atoms with Crippen molar-refractivity contribution in [3.8, 4) is 20.9 Å². The summed E-state index contributed by atoms with van der Waals surface area (Å²) in [4.78, 5) is 8.97. The minimum absolute atomic E-state index is 1.21. The Labute approximate surface area is 195 Å². The number of H-pyrrole nitrogens is 1. The second kappa shape index (κ2) is 11.9. The van der Waals surface area contributed by atoms with Crippen molar-refractivity contribution in [2.45, 2.75) is 55.4 Å². The van der Waals surface area contributed by atoms with Crippen molar-refractivity contribution in [2.75, 3.05) is 0 Å². The van der Waals surface area contributed by atoms with E-state index in [0.29, 0.717) is 0 Å². The van der Waals surface area contributed by atoms with Gasteiger partial charge in [0, 0.05) is 41.3 Å². The number of hydrogen-bond acceptors (Lipinski definition) is 2. The molecule has 0 unspecified atom stereocenters. The number of fused-ring (bicyclic) bond motifs is 3. The molecule has 0 radical (unpaired) electrons. The van der Waals surface area contributed by atoms with Crippen molar-refractivity contribution in [2.24, 2.45) is 0 Å². The number of nitrogens with one attached hydrogen (secondary N) is 1. The number of aryl methyl sites for hydroxylation is 2. The summed E-state index contributed by atoms with van der Waals surface area (Å²) in [6.07, 6.45) is 0. The molecule has 5 aromatic rings. The molecule has 0 spiro atoms. The zero-order valence-electron chi connectivity index (χ0n) is 20.1. The topological polar surface area (TPSA) is 15.8 Å². The second-order valence-electron chi connectivity index (χ2n) is 6.47. The Bertz CT molecular complexity index is 1130. The minimum atomic E-state index is 1.21. The van der Waals surface area contributed by atoms with E-state index in [9.17, 15) is 0 Å². The number of aromatic amines is 1. The predicted octanol–water partition coefficient (Wildman–Crippen LogP) is 10.5. The fraction of sp³-hybridized carbons (Fsp3) is 0.286. The Morgan fingerprint density at radius 2 is 0.903 bits per heavy atom. The molecule has 3 aromatic heterocycles. The van der Waals surface area contributed by atoms with Crippen LogP contribution in [-0.4, -0.2) is 4.98 Å². The van der Waals surface area contributed by atoms with Crippen molar-refractivity contribution in [1.82, 2.24) is 4.98 Å². The highest BCUT2D eigenvalue weighted by molar-refractivity contribution is 7.15. The average Bonchev–Trinajstić information content (AvgIpc) is 3.55. The number of hydrogen-bond donors (Lipinski definition) is 1. The lowest BCUT2D eigenvalue weighted by molar-refractivity contribution is 1.50. The third-order valence-electron chi connectivity index (χ3n) is 4.65. The molecule has 3 heterocycles. The van der Waals surface area contributed by atoms with Gasteiger partial charge < -0.3 is 4.98 Å². The van der Waals surface area contributed by atoms with Gasteiger partial charge in [-0.1, -0.05) is 65.8 Å². The predicted molar refractivity (Wildman–Crippen MR) is 146 cm³/mol. The molecular formula is C28H35NS2. The maximum absolute atomic E-state index is 3.62. The van der Waals surface area contributed by atoms with Gasteiger partial charge in [0.1, 0.15) is 0 Å². The van der Waals surface area contributed by atoms with E-state index in [-0.39, 0.29) is 0 Å². The van der Waals surface area contributed by atoms with Crippen LogP contribution in [0.5, 0.6) is 0 Å². The highest BCUT2D eigenvalue weighted by atomic mass is 32.1. The maximum atomic E-state index is 3.62. The molecule has 0 saturated carbocycles. The summed E-state index contributed by atoms with van der Waals surface area (Å²) in [6, 6.07) is 22.3. The monoisotopic (exact) mass is 449 g/mol. The molecule has 2 aromatic carbocycles. The summed E-state index contributed by atoms with van der Waals surface area (Å²) < 4.78 is 0. The number of aromatic nitrogens is 1. The molecule has 1 nitrogen and oxygen atoms in total. The van der Waals surface area contributed by atoms with Gasteiger partial charge in [-0.15, -0.1) is 22.7 Å². The van der Waals surface area contributed by atoms with Crippen molar-refractivity contribution in [3.05, 3.63) is 70.4 Å². The standard InChI is InChI=1S/C22H17NS2.3C2H6/c1-13-3-9-21(24-13)15-5-7-17-18-8-6-16(22-10-4-14(2)25-22)12-20(18)23-19(17)11-15;3*1-2/h3-12,23H,1-2H3;3*1-2H3. The van der Waals surface area contributed by atoms with Crippen LogP contribution in [-0.2, 0) is 0 Å². The van der Waals surface area contributed by atoms with Crippen molar-refractivity contribution in [1.29, 1.82) is 0 Å². The first-order valence-electron chi connectivity index (χ1n) is 11.4. The van der Waals surface area contributed by atoms with Gasteiger partial charge in [-0.05, 0) is 61.4 Å². The summed E-state index contributed by atoms with van der Waals surface area (Å²) in [5.41, 5.74) is 4.98. The van der Waals surface area contributed by atoms with Crippen LogP contribution in [0, 0.1) is 13.8 Å². The number of rotatable bonds is 2. The zero-order valence-corrected chi connectivity index (χ0v) is 21.7. The van der Waals surface area contributed by atoms with E-state index in [0.717, 1.165) is 0 Å². The number of benzene rings is 2. The first-order valence-corrected chi connectivity index (χ1v) is 13.0. The first-order chi connectivity index (χ1) is 15.2. The Morgan fingerprint density at radius 3 is 1.23 bits per heavy atom. The second-order valence-corrected chi connectivity index (χ2v) is 9.04. The molecule has 0 aliphatic heterocycles. The normalized spacial score (nSPS) is 9.94. The summed E-state index contributed by atoms with van der Waals surface area (Å²) in [7, 11) is 0. The summed E-state index contributed by atoms with van der Waals surface area (Å²) in [5.74, 6) is 0. The van der Waals surface area contributed by atoms with Gasteiger partial charge >= 0.3 is 0 Å². The van der Waals surface area contributed by atoms with E-state index in [1.807, 2.05) is 64.2 Å². The smallest absolute Gasteiger partial charge is 0.0471 e. The quantitative estimate of drug-likeness (QED) is 0.276. The van der Waals surface area contributed by atoms with Crippen molar-refractivity contribution in [3.63, 3.8) is 0 Å². The highest BCUT2D eigenvalue weighted by Gasteiger charge is 2.09. The van der Waals surface area contributed by atoms with Gasteiger partial charge in [-0.3, -0.25) is 0 Å².